The van der Waals surface area contributed by atoms with E-state index in [0.29, 0.717) is 11.8 Å². The maximum Gasteiger partial charge on any atom is 0.185 e. The second-order valence-corrected chi connectivity index (χ2v) is 7.51. The fourth-order valence-electron chi connectivity index (χ4n) is 2.69. The van der Waals surface area contributed by atoms with Gasteiger partial charge >= 0.3 is 0 Å². The van der Waals surface area contributed by atoms with Crippen molar-refractivity contribution in [3.63, 3.8) is 0 Å². The molecule has 0 saturated heterocycles. The lowest BCUT2D eigenvalue weighted by Gasteiger charge is -2.25. The van der Waals surface area contributed by atoms with Crippen LogP contribution >= 0.6 is 11.3 Å². The van der Waals surface area contributed by atoms with Crippen LogP contribution in [0.1, 0.15) is 57.1 Å². The molecule has 4 heteroatoms. The van der Waals surface area contributed by atoms with E-state index < -0.39 is 0 Å². The fraction of sp³-hybridized carbons (Fsp3) is 0.800. The van der Waals surface area contributed by atoms with E-state index in [2.05, 4.69) is 32.6 Å². The van der Waals surface area contributed by atoms with Crippen LogP contribution < -0.4 is 10.6 Å². The lowest BCUT2D eigenvalue weighted by atomic mass is 9.99. The minimum atomic E-state index is 0.218. The Hall–Kier alpha value is -0.610. The highest BCUT2D eigenvalue weighted by molar-refractivity contribution is 7.15. The number of aromatic nitrogens is 1. The number of hydrogen-bond donors (Lipinski definition) is 1. The van der Waals surface area contributed by atoms with Crippen molar-refractivity contribution >= 4 is 16.5 Å². The zero-order valence-corrected chi connectivity index (χ0v) is 13.5. The van der Waals surface area contributed by atoms with E-state index >= 15 is 0 Å². The summed E-state index contributed by atoms with van der Waals surface area (Å²) in [5.41, 5.74) is 7.47. The monoisotopic (exact) mass is 281 g/mol. The quantitative estimate of drug-likeness (QED) is 0.896. The molecule has 0 aromatic carbocycles. The smallest absolute Gasteiger partial charge is 0.185 e. The summed E-state index contributed by atoms with van der Waals surface area (Å²) in [7, 11) is 0. The molecule has 1 aliphatic carbocycles. The first-order chi connectivity index (χ1) is 8.97. The Kier molecular flexibility index (Phi) is 4.85. The number of aryl methyl sites for hydroxylation is 1. The number of anilines is 1. The molecule has 3 nitrogen and oxygen atoms in total. The average molecular weight is 281 g/mol. The number of thiazole rings is 1. The van der Waals surface area contributed by atoms with Crippen LogP contribution in [0.4, 0.5) is 5.13 Å². The molecule has 1 aromatic heterocycles. The molecular formula is C15H27N3S. The van der Waals surface area contributed by atoms with Crippen molar-refractivity contribution in [2.24, 2.45) is 17.6 Å². The highest BCUT2D eigenvalue weighted by Crippen LogP contribution is 2.36. The molecule has 0 spiro atoms. The van der Waals surface area contributed by atoms with Gasteiger partial charge in [-0.05, 0) is 31.1 Å². The number of rotatable bonds is 5. The van der Waals surface area contributed by atoms with Gasteiger partial charge < -0.3 is 10.6 Å². The zero-order chi connectivity index (χ0) is 14.0. The van der Waals surface area contributed by atoms with Gasteiger partial charge in [0.15, 0.2) is 5.13 Å². The van der Waals surface area contributed by atoms with Crippen LogP contribution in [0.25, 0.3) is 0 Å². The number of hydrogen-bond acceptors (Lipinski definition) is 4. The largest absolute Gasteiger partial charge is 0.348 e. The molecule has 19 heavy (non-hydrogen) atoms. The average Bonchev–Trinajstić information content (AvgIpc) is 2.72. The molecule has 0 aliphatic heterocycles. The molecule has 0 radical (unpaired) electrons. The van der Waals surface area contributed by atoms with Gasteiger partial charge in [-0.25, -0.2) is 4.98 Å². The van der Waals surface area contributed by atoms with Gasteiger partial charge in [-0.3, -0.25) is 0 Å². The summed E-state index contributed by atoms with van der Waals surface area (Å²) in [5.74, 6) is 1.32. The van der Waals surface area contributed by atoms with Crippen molar-refractivity contribution in [2.75, 3.05) is 18.0 Å². The Balaban J connectivity index is 2.21. The van der Waals surface area contributed by atoms with Gasteiger partial charge in [-0.15, -0.1) is 0 Å². The Labute approximate surface area is 121 Å². The molecule has 2 N–H and O–H groups in total. The molecule has 0 fully saturated rings. The maximum absolute atomic E-state index is 6.21. The van der Waals surface area contributed by atoms with Crippen LogP contribution in [0.3, 0.4) is 0 Å². The van der Waals surface area contributed by atoms with Gasteiger partial charge in [0.1, 0.15) is 0 Å². The molecule has 0 amide bonds. The van der Waals surface area contributed by atoms with Crippen molar-refractivity contribution in [2.45, 2.75) is 53.0 Å². The Morgan fingerprint density at radius 2 is 1.89 bits per heavy atom. The van der Waals surface area contributed by atoms with Gasteiger partial charge in [-0.2, -0.15) is 0 Å². The van der Waals surface area contributed by atoms with Crippen LogP contribution in [0.15, 0.2) is 0 Å². The first kappa shape index (κ1) is 14.8. The Morgan fingerprint density at radius 3 is 2.42 bits per heavy atom. The van der Waals surface area contributed by atoms with Crippen LogP contribution in [0, 0.1) is 11.8 Å². The lowest BCUT2D eigenvalue weighted by molar-refractivity contribution is 0.549. The highest BCUT2D eigenvalue weighted by atomic mass is 32.1. The zero-order valence-electron chi connectivity index (χ0n) is 12.6. The third-order valence-electron chi connectivity index (χ3n) is 3.42. The molecule has 2 rings (SSSR count). The SMILES string of the molecule is CC(C)CN(CC(C)C)c1nc2c(s1)C(N)CCC2. The van der Waals surface area contributed by atoms with Crippen LogP contribution in [0.5, 0.6) is 0 Å². The van der Waals surface area contributed by atoms with Gasteiger partial charge in [0, 0.05) is 24.0 Å². The minimum Gasteiger partial charge on any atom is -0.348 e. The molecule has 1 atom stereocenters. The van der Waals surface area contributed by atoms with E-state index in [0.717, 1.165) is 25.9 Å². The summed E-state index contributed by atoms with van der Waals surface area (Å²) >= 11 is 1.83. The van der Waals surface area contributed by atoms with Crippen molar-refractivity contribution in [3.8, 4) is 0 Å². The summed E-state index contributed by atoms with van der Waals surface area (Å²) in [4.78, 5) is 8.65. The summed E-state index contributed by atoms with van der Waals surface area (Å²) in [6, 6.07) is 0.218. The summed E-state index contributed by atoms with van der Waals surface area (Å²) in [6.45, 7) is 11.2. The minimum absolute atomic E-state index is 0.218. The molecule has 0 bridgehead atoms. The van der Waals surface area contributed by atoms with Crippen LogP contribution in [-0.4, -0.2) is 18.1 Å². The van der Waals surface area contributed by atoms with E-state index in [9.17, 15) is 0 Å². The molecule has 1 heterocycles. The van der Waals surface area contributed by atoms with E-state index in [4.69, 9.17) is 10.7 Å². The van der Waals surface area contributed by atoms with Gasteiger partial charge in [0.05, 0.1) is 5.69 Å². The van der Waals surface area contributed by atoms with E-state index in [-0.39, 0.29) is 6.04 Å². The van der Waals surface area contributed by atoms with E-state index in [1.54, 1.807) is 0 Å². The van der Waals surface area contributed by atoms with E-state index in [1.165, 1.54) is 22.1 Å². The van der Waals surface area contributed by atoms with E-state index in [1.807, 2.05) is 11.3 Å². The second kappa shape index (κ2) is 6.23. The van der Waals surface area contributed by atoms with Crippen LogP contribution in [-0.2, 0) is 6.42 Å². The van der Waals surface area contributed by atoms with Gasteiger partial charge in [0.25, 0.3) is 0 Å². The molecule has 1 aliphatic rings. The normalized spacial score (nSPS) is 19.0. The topological polar surface area (TPSA) is 42.2 Å². The molecule has 1 aromatic rings. The summed E-state index contributed by atoms with van der Waals surface area (Å²) < 4.78 is 0. The van der Waals surface area contributed by atoms with Crippen molar-refractivity contribution in [3.05, 3.63) is 10.6 Å². The summed E-state index contributed by atoms with van der Waals surface area (Å²) in [6.07, 6.45) is 3.41. The standard InChI is InChI=1S/C15H27N3S/c1-10(2)8-18(9-11(3)4)15-17-13-7-5-6-12(16)14(13)19-15/h10-12H,5-9,16H2,1-4H3. The third kappa shape index (κ3) is 3.69. The molecule has 0 saturated carbocycles. The maximum atomic E-state index is 6.21. The number of nitrogens with two attached hydrogens (primary N) is 1. The predicted molar refractivity (Wildman–Crippen MR) is 83.9 cm³/mol. The number of nitrogens with zero attached hydrogens (tertiary/aromatic N) is 2. The second-order valence-electron chi connectivity index (χ2n) is 6.50. The van der Waals surface area contributed by atoms with Crippen molar-refractivity contribution < 1.29 is 0 Å². The van der Waals surface area contributed by atoms with Crippen molar-refractivity contribution in [1.29, 1.82) is 0 Å². The fourth-order valence-corrected chi connectivity index (χ4v) is 3.85. The van der Waals surface area contributed by atoms with Crippen LogP contribution in [0.2, 0.25) is 0 Å². The third-order valence-corrected chi connectivity index (χ3v) is 4.71. The first-order valence-corrected chi connectivity index (χ1v) is 8.29. The first-order valence-electron chi connectivity index (χ1n) is 7.47. The number of fused-ring (bicyclic) bond motifs is 1. The Bertz CT molecular complexity index is 402. The predicted octanol–water partition coefficient (Wildman–Crippen LogP) is 3.60. The molecule has 108 valence electrons. The van der Waals surface area contributed by atoms with Crippen molar-refractivity contribution in [1.82, 2.24) is 4.98 Å². The van der Waals surface area contributed by atoms with Gasteiger partial charge in [0.2, 0.25) is 0 Å². The molecular weight excluding hydrogens is 254 g/mol. The highest BCUT2D eigenvalue weighted by Gasteiger charge is 2.24. The Morgan fingerprint density at radius 1 is 1.26 bits per heavy atom. The molecule has 1 unspecified atom stereocenters. The summed E-state index contributed by atoms with van der Waals surface area (Å²) in [5, 5.41) is 1.18. The lowest BCUT2D eigenvalue weighted by Crippen LogP contribution is -2.31. The van der Waals surface area contributed by atoms with Gasteiger partial charge in [-0.1, -0.05) is 39.0 Å².